The maximum absolute atomic E-state index is 14.6. The number of aromatic nitrogens is 4. The van der Waals surface area contributed by atoms with Crippen molar-refractivity contribution in [1.29, 1.82) is 0 Å². The number of nitrogens with zero attached hydrogens (tertiary/aromatic N) is 5. The summed E-state index contributed by atoms with van der Waals surface area (Å²) in [6.07, 6.45) is 2.15. The van der Waals surface area contributed by atoms with Gasteiger partial charge in [0, 0.05) is 18.2 Å². The van der Waals surface area contributed by atoms with Crippen LogP contribution in [0.2, 0.25) is 0 Å². The molecule has 1 saturated carbocycles. The van der Waals surface area contributed by atoms with E-state index in [1.807, 2.05) is 12.1 Å². The first-order chi connectivity index (χ1) is 14.5. The van der Waals surface area contributed by atoms with E-state index in [1.54, 1.807) is 32.2 Å². The van der Waals surface area contributed by atoms with Crippen LogP contribution in [0, 0.1) is 5.82 Å². The Hall–Kier alpha value is -3.49. The van der Waals surface area contributed by atoms with E-state index in [0.717, 1.165) is 28.7 Å². The number of rotatable bonds is 7. The van der Waals surface area contributed by atoms with Gasteiger partial charge < -0.3 is 9.57 Å². The molecule has 0 atom stereocenters. The molecule has 0 saturated heterocycles. The molecule has 0 unspecified atom stereocenters. The first-order valence-electron chi connectivity index (χ1n) is 9.61. The molecule has 3 aromatic rings. The predicted octanol–water partition coefficient (Wildman–Crippen LogP) is 2.93. The first-order valence-corrected chi connectivity index (χ1v) is 9.61. The third-order valence-electron chi connectivity index (χ3n) is 5.10. The SMILES string of the molecule is CON=C(C)c1ccc(OCc2c(C3CC3)cccc2-n2nnn(C)c2=O)c(F)c1. The van der Waals surface area contributed by atoms with E-state index in [9.17, 15) is 9.18 Å². The molecule has 8 nitrogen and oxygen atoms in total. The summed E-state index contributed by atoms with van der Waals surface area (Å²) in [5, 5.41) is 11.6. The smallest absolute Gasteiger partial charge is 0.368 e. The average Bonchev–Trinajstić information content (AvgIpc) is 3.53. The molecule has 1 aliphatic rings. The van der Waals surface area contributed by atoms with Crippen molar-refractivity contribution in [1.82, 2.24) is 19.8 Å². The molecule has 0 bridgehead atoms. The van der Waals surface area contributed by atoms with Crippen LogP contribution in [-0.2, 0) is 18.5 Å². The summed E-state index contributed by atoms with van der Waals surface area (Å²) in [7, 11) is 2.98. The lowest BCUT2D eigenvalue weighted by Gasteiger charge is -2.15. The molecule has 0 amide bonds. The van der Waals surface area contributed by atoms with E-state index in [1.165, 1.54) is 17.9 Å². The predicted molar refractivity (Wildman–Crippen MR) is 109 cm³/mol. The van der Waals surface area contributed by atoms with E-state index >= 15 is 0 Å². The molecule has 30 heavy (non-hydrogen) atoms. The number of tetrazole rings is 1. The standard InChI is InChI=1S/C21H22FN5O3/c1-13(23-29-3)15-9-10-20(18(22)11-15)30-12-17-16(14-7-8-14)5-4-6-19(17)27-21(28)26(2)24-25-27/h4-6,9-11,14H,7-8,12H2,1-3H3. The van der Waals surface area contributed by atoms with Crippen LogP contribution >= 0.6 is 0 Å². The first kappa shape index (κ1) is 19.8. The normalized spacial score (nSPS) is 14.1. The summed E-state index contributed by atoms with van der Waals surface area (Å²) in [5.74, 6) is 0.0309. The van der Waals surface area contributed by atoms with E-state index in [-0.39, 0.29) is 18.0 Å². The van der Waals surface area contributed by atoms with E-state index in [4.69, 9.17) is 9.57 Å². The van der Waals surface area contributed by atoms with Crippen LogP contribution in [0.15, 0.2) is 46.3 Å². The van der Waals surface area contributed by atoms with Crippen molar-refractivity contribution in [3.63, 3.8) is 0 Å². The Morgan fingerprint density at radius 3 is 2.70 bits per heavy atom. The van der Waals surface area contributed by atoms with Crippen molar-refractivity contribution >= 4 is 5.71 Å². The van der Waals surface area contributed by atoms with Gasteiger partial charge in [-0.2, -0.15) is 9.36 Å². The fourth-order valence-corrected chi connectivity index (χ4v) is 3.37. The maximum atomic E-state index is 14.6. The van der Waals surface area contributed by atoms with Gasteiger partial charge in [0.25, 0.3) is 0 Å². The molecule has 2 aromatic carbocycles. The molecule has 0 N–H and O–H groups in total. The van der Waals surface area contributed by atoms with Crippen LogP contribution < -0.4 is 10.4 Å². The minimum Gasteiger partial charge on any atom is -0.486 e. The zero-order valence-corrected chi connectivity index (χ0v) is 17.0. The summed E-state index contributed by atoms with van der Waals surface area (Å²) < 4.78 is 22.9. The summed E-state index contributed by atoms with van der Waals surface area (Å²) in [6, 6.07) is 10.3. The summed E-state index contributed by atoms with van der Waals surface area (Å²) in [4.78, 5) is 17.1. The number of ether oxygens (including phenoxy) is 1. The van der Waals surface area contributed by atoms with Gasteiger partial charge >= 0.3 is 5.69 Å². The Bertz CT molecular complexity index is 1160. The molecular weight excluding hydrogens is 389 g/mol. The van der Waals surface area contributed by atoms with E-state index in [2.05, 4.69) is 15.6 Å². The quantitative estimate of drug-likeness (QED) is 0.441. The van der Waals surface area contributed by atoms with Gasteiger partial charge in [0.1, 0.15) is 13.7 Å². The molecule has 4 rings (SSSR count). The second-order valence-corrected chi connectivity index (χ2v) is 7.21. The Labute approximate surface area is 172 Å². The Kier molecular flexibility index (Phi) is 5.35. The maximum Gasteiger partial charge on any atom is 0.368 e. The molecular formula is C21H22FN5O3. The Morgan fingerprint density at radius 2 is 2.07 bits per heavy atom. The van der Waals surface area contributed by atoms with Crippen LogP contribution in [0.25, 0.3) is 5.69 Å². The van der Waals surface area contributed by atoms with Crippen LogP contribution in [0.4, 0.5) is 4.39 Å². The number of oxime groups is 1. The summed E-state index contributed by atoms with van der Waals surface area (Å²) >= 11 is 0. The fraction of sp³-hybridized carbons (Fsp3) is 0.333. The van der Waals surface area contributed by atoms with Crippen molar-refractivity contribution in [2.24, 2.45) is 12.2 Å². The Morgan fingerprint density at radius 1 is 1.27 bits per heavy atom. The van der Waals surface area contributed by atoms with E-state index < -0.39 is 5.82 Å². The van der Waals surface area contributed by atoms with Crippen molar-refractivity contribution in [3.8, 4) is 11.4 Å². The lowest BCUT2D eigenvalue weighted by molar-refractivity contribution is 0.213. The highest BCUT2D eigenvalue weighted by Crippen LogP contribution is 2.43. The zero-order valence-electron chi connectivity index (χ0n) is 17.0. The van der Waals surface area contributed by atoms with Gasteiger partial charge in [-0.3, -0.25) is 0 Å². The van der Waals surface area contributed by atoms with Gasteiger partial charge in [-0.15, -0.1) is 0 Å². The number of hydrogen-bond acceptors (Lipinski definition) is 6. The highest BCUT2D eigenvalue weighted by Gasteiger charge is 2.28. The van der Waals surface area contributed by atoms with Crippen LogP contribution in [0.5, 0.6) is 5.75 Å². The van der Waals surface area contributed by atoms with Crippen LogP contribution in [0.3, 0.4) is 0 Å². The molecule has 1 heterocycles. The molecule has 156 valence electrons. The van der Waals surface area contributed by atoms with Crippen LogP contribution in [0.1, 0.15) is 42.4 Å². The lowest BCUT2D eigenvalue weighted by atomic mass is 10.0. The van der Waals surface area contributed by atoms with Crippen molar-refractivity contribution in [3.05, 3.63) is 69.4 Å². The molecule has 0 spiro atoms. The van der Waals surface area contributed by atoms with Crippen molar-refractivity contribution in [2.75, 3.05) is 7.11 Å². The number of halogens is 1. The van der Waals surface area contributed by atoms with Crippen LogP contribution in [-0.4, -0.2) is 32.6 Å². The number of benzene rings is 2. The van der Waals surface area contributed by atoms with Gasteiger partial charge in [0.15, 0.2) is 11.6 Å². The monoisotopic (exact) mass is 411 g/mol. The molecule has 1 aliphatic carbocycles. The van der Waals surface area contributed by atoms with Gasteiger partial charge in [0.2, 0.25) is 0 Å². The Balaban J connectivity index is 1.66. The largest absolute Gasteiger partial charge is 0.486 e. The number of hydrogen-bond donors (Lipinski definition) is 0. The van der Waals surface area contributed by atoms with Gasteiger partial charge in [-0.25, -0.2) is 9.18 Å². The highest BCUT2D eigenvalue weighted by molar-refractivity contribution is 5.98. The second kappa shape index (κ2) is 8.10. The second-order valence-electron chi connectivity index (χ2n) is 7.21. The number of aryl methyl sites for hydroxylation is 1. The third kappa shape index (κ3) is 3.83. The van der Waals surface area contributed by atoms with Gasteiger partial charge in [-0.05, 0) is 65.9 Å². The molecule has 1 aromatic heterocycles. The third-order valence-corrected chi connectivity index (χ3v) is 5.10. The topological polar surface area (TPSA) is 83.5 Å². The van der Waals surface area contributed by atoms with Crippen molar-refractivity contribution in [2.45, 2.75) is 32.3 Å². The van der Waals surface area contributed by atoms with Gasteiger partial charge in [0.05, 0.1) is 11.4 Å². The minimum atomic E-state index is -0.500. The zero-order chi connectivity index (χ0) is 21.3. The lowest BCUT2D eigenvalue weighted by Crippen LogP contribution is -2.23. The highest BCUT2D eigenvalue weighted by atomic mass is 19.1. The van der Waals surface area contributed by atoms with E-state index in [0.29, 0.717) is 22.9 Å². The molecule has 1 fully saturated rings. The van der Waals surface area contributed by atoms with Gasteiger partial charge in [-0.1, -0.05) is 17.3 Å². The minimum absolute atomic E-state index is 0.104. The summed E-state index contributed by atoms with van der Waals surface area (Å²) in [5.41, 5.74) is 3.30. The average molecular weight is 411 g/mol. The van der Waals surface area contributed by atoms with Crippen molar-refractivity contribution < 1.29 is 14.0 Å². The molecule has 0 aliphatic heterocycles. The molecule has 0 radical (unpaired) electrons. The molecule has 9 heteroatoms. The fourth-order valence-electron chi connectivity index (χ4n) is 3.37. The summed E-state index contributed by atoms with van der Waals surface area (Å²) in [6.45, 7) is 1.84.